The minimum Gasteiger partial charge on any atom is -0.354 e. The van der Waals surface area contributed by atoms with Crippen molar-refractivity contribution in [3.8, 4) is 0 Å². The Morgan fingerprint density at radius 3 is 2.82 bits per heavy atom. The van der Waals surface area contributed by atoms with Gasteiger partial charge in [-0.15, -0.1) is 21.5 Å². The zero-order valence-electron chi connectivity index (χ0n) is 17.0. The highest BCUT2D eigenvalue weighted by Gasteiger charge is 2.20. The van der Waals surface area contributed by atoms with E-state index in [1.807, 2.05) is 18.3 Å². The molecule has 7 nitrogen and oxygen atoms in total. The molecule has 1 fully saturated rings. The largest absolute Gasteiger partial charge is 0.354 e. The number of guanidine groups is 1. The van der Waals surface area contributed by atoms with Crippen LogP contribution in [-0.4, -0.2) is 69.8 Å². The Balaban J connectivity index is 1.53. The van der Waals surface area contributed by atoms with E-state index >= 15 is 0 Å². The molecule has 1 aliphatic heterocycles. The number of nitrogens with one attached hydrogen (secondary N) is 1. The molecule has 0 bridgehead atoms. The molecule has 3 heterocycles. The third kappa shape index (κ3) is 5.90. The van der Waals surface area contributed by atoms with E-state index in [2.05, 4.69) is 60.9 Å². The molecule has 0 saturated carbocycles. The predicted octanol–water partition coefficient (Wildman–Crippen LogP) is 2.24. The third-order valence-corrected chi connectivity index (χ3v) is 5.64. The first-order chi connectivity index (χ1) is 13.7. The lowest BCUT2D eigenvalue weighted by molar-refractivity contribution is 0.173. The number of aryl methyl sites for hydroxylation is 1. The molecule has 152 valence electrons. The summed E-state index contributed by atoms with van der Waals surface area (Å²) in [6, 6.07) is 4.34. The average Bonchev–Trinajstić information content (AvgIpc) is 3.36. The zero-order chi connectivity index (χ0) is 19.8. The maximum atomic E-state index is 4.78. The Kier molecular flexibility index (Phi) is 7.62. The fraction of sp³-hybridized carbons (Fsp3) is 0.550. The molecule has 2 aromatic rings. The van der Waals surface area contributed by atoms with Gasteiger partial charge < -0.3 is 14.8 Å². The minimum atomic E-state index is 0.657. The Bertz CT molecular complexity index is 757. The number of thiophene rings is 1. The van der Waals surface area contributed by atoms with Crippen LogP contribution in [0.15, 0.2) is 41.0 Å². The Labute approximate surface area is 171 Å². The van der Waals surface area contributed by atoms with Gasteiger partial charge in [0.15, 0.2) is 5.96 Å². The second-order valence-corrected chi connectivity index (χ2v) is 8.19. The molecule has 8 heteroatoms. The van der Waals surface area contributed by atoms with E-state index in [9.17, 15) is 0 Å². The maximum Gasteiger partial charge on any atom is 0.194 e. The maximum absolute atomic E-state index is 4.78. The SMILES string of the molecule is C=C(C)CN=C(NCCn1cnnc1CC)N1CCN(Cc2cccs2)CC1. The topological polar surface area (TPSA) is 61.6 Å². The second-order valence-electron chi connectivity index (χ2n) is 7.16. The lowest BCUT2D eigenvalue weighted by atomic mass is 10.3. The van der Waals surface area contributed by atoms with Crippen molar-refractivity contribution in [2.24, 2.45) is 4.99 Å². The van der Waals surface area contributed by atoms with Crippen LogP contribution in [0.1, 0.15) is 24.5 Å². The fourth-order valence-corrected chi connectivity index (χ4v) is 3.99. The van der Waals surface area contributed by atoms with Crippen LogP contribution in [0.5, 0.6) is 0 Å². The summed E-state index contributed by atoms with van der Waals surface area (Å²) in [5, 5.41) is 13.8. The van der Waals surface area contributed by atoms with Crippen molar-refractivity contribution in [2.75, 3.05) is 39.3 Å². The fourth-order valence-electron chi connectivity index (χ4n) is 3.25. The van der Waals surface area contributed by atoms with Gasteiger partial charge in [0.1, 0.15) is 12.2 Å². The van der Waals surface area contributed by atoms with Crippen molar-refractivity contribution in [1.82, 2.24) is 29.9 Å². The van der Waals surface area contributed by atoms with Gasteiger partial charge >= 0.3 is 0 Å². The molecule has 0 amide bonds. The van der Waals surface area contributed by atoms with Crippen LogP contribution in [0.4, 0.5) is 0 Å². The van der Waals surface area contributed by atoms with Crippen LogP contribution in [0.25, 0.3) is 0 Å². The molecule has 0 aromatic carbocycles. The zero-order valence-corrected chi connectivity index (χ0v) is 17.8. The first-order valence-electron chi connectivity index (χ1n) is 9.94. The number of aliphatic imine (C=N–C) groups is 1. The third-order valence-electron chi connectivity index (χ3n) is 4.78. The van der Waals surface area contributed by atoms with Crippen molar-refractivity contribution >= 4 is 17.3 Å². The van der Waals surface area contributed by atoms with Crippen LogP contribution in [0.2, 0.25) is 0 Å². The first kappa shape index (κ1) is 20.5. The quantitative estimate of drug-likeness (QED) is 0.418. The van der Waals surface area contributed by atoms with Gasteiger partial charge in [0.05, 0.1) is 6.54 Å². The molecule has 0 aliphatic carbocycles. The van der Waals surface area contributed by atoms with E-state index < -0.39 is 0 Å². The summed E-state index contributed by atoms with van der Waals surface area (Å²) < 4.78 is 2.10. The summed E-state index contributed by atoms with van der Waals surface area (Å²) in [6.07, 6.45) is 2.69. The molecular formula is C20H31N7S. The van der Waals surface area contributed by atoms with Gasteiger partial charge in [0.25, 0.3) is 0 Å². The summed E-state index contributed by atoms with van der Waals surface area (Å²) in [5.74, 6) is 1.99. The van der Waals surface area contributed by atoms with Crippen LogP contribution in [0, 0.1) is 0 Å². The van der Waals surface area contributed by atoms with Gasteiger partial charge in [0.2, 0.25) is 0 Å². The van der Waals surface area contributed by atoms with E-state index in [4.69, 9.17) is 4.99 Å². The van der Waals surface area contributed by atoms with Gasteiger partial charge in [-0.1, -0.05) is 25.1 Å². The second kappa shape index (κ2) is 10.4. The highest BCUT2D eigenvalue weighted by molar-refractivity contribution is 7.09. The van der Waals surface area contributed by atoms with Crippen LogP contribution in [-0.2, 0) is 19.5 Å². The van der Waals surface area contributed by atoms with Gasteiger partial charge in [-0.05, 0) is 18.4 Å². The van der Waals surface area contributed by atoms with E-state index in [1.54, 1.807) is 6.33 Å². The van der Waals surface area contributed by atoms with Gasteiger partial charge in [-0.2, -0.15) is 0 Å². The lowest BCUT2D eigenvalue weighted by Gasteiger charge is -2.36. The Morgan fingerprint density at radius 1 is 1.32 bits per heavy atom. The Hall–Kier alpha value is -2.19. The number of rotatable bonds is 8. The van der Waals surface area contributed by atoms with Gasteiger partial charge in [0, 0.05) is 57.1 Å². The molecule has 0 unspecified atom stereocenters. The molecule has 3 rings (SSSR count). The van der Waals surface area contributed by atoms with Crippen molar-refractivity contribution in [3.05, 3.63) is 46.7 Å². The summed E-state index contributed by atoms with van der Waals surface area (Å²) in [6.45, 7) is 15.5. The lowest BCUT2D eigenvalue weighted by Crippen LogP contribution is -2.52. The van der Waals surface area contributed by atoms with Crippen molar-refractivity contribution in [2.45, 2.75) is 33.4 Å². The van der Waals surface area contributed by atoms with Gasteiger partial charge in [-0.25, -0.2) is 4.99 Å². The van der Waals surface area contributed by atoms with Gasteiger partial charge in [-0.3, -0.25) is 4.90 Å². The number of nitrogens with zero attached hydrogens (tertiary/aromatic N) is 6. The first-order valence-corrected chi connectivity index (χ1v) is 10.8. The summed E-state index contributed by atoms with van der Waals surface area (Å²) in [7, 11) is 0. The number of hydrogen-bond donors (Lipinski definition) is 1. The molecule has 0 spiro atoms. The van der Waals surface area contributed by atoms with E-state index in [1.165, 1.54) is 4.88 Å². The molecule has 2 aromatic heterocycles. The molecular weight excluding hydrogens is 370 g/mol. The highest BCUT2D eigenvalue weighted by atomic mass is 32.1. The number of piperazine rings is 1. The van der Waals surface area contributed by atoms with Crippen molar-refractivity contribution < 1.29 is 0 Å². The molecule has 0 atom stereocenters. The molecule has 1 saturated heterocycles. The van der Waals surface area contributed by atoms with E-state index in [0.29, 0.717) is 6.54 Å². The van der Waals surface area contributed by atoms with Crippen LogP contribution >= 0.6 is 11.3 Å². The molecule has 0 radical (unpaired) electrons. The smallest absolute Gasteiger partial charge is 0.194 e. The summed E-state index contributed by atoms with van der Waals surface area (Å²) in [5.41, 5.74) is 1.07. The predicted molar refractivity (Wildman–Crippen MR) is 116 cm³/mol. The van der Waals surface area contributed by atoms with E-state index in [-0.39, 0.29) is 0 Å². The van der Waals surface area contributed by atoms with Crippen LogP contribution in [0.3, 0.4) is 0 Å². The molecule has 1 aliphatic rings. The monoisotopic (exact) mass is 401 g/mol. The van der Waals surface area contributed by atoms with Crippen molar-refractivity contribution in [1.29, 1.82) is 0 Å². The Morgan fingerprint density at radius 2 is 2.14 bits per heavy atom. The molecule has 1 N–H and O–H groups in total. The minimum absolute atomic E-state index is 0.657. The standard InChI is InChI=1S/C20H31N7S/c1-4-19-24-23-16-27(19)8-7-21-20(22-14-17(2)3)26-11-9-25(10-12-26)15-18-6-5-13-28-18/h5-6,13,16H,2,4,7-12,14-15H2,1,3H3,(H,21,22). The van der Waals surface area contributed by atoms with E-state index in [0.717, 1.165) is 69.6 Å². The molecule has 28 heavy (non-hydrogen) atoms. The normalized spacial score (nSPS) is 15.8. The average molecular weight is 402 g/mol. The van der Waals surface area contributed by atoms with Crippen LogP contribution < -0.4 is 5.32 Å². The number of aromatic nitrogens is 3. The van der Waals surface area contributed by atoms with Crippen molar-refractivity contribution in [3.63, 3.8) is 0 Å². The summed E-state index contributed by atoms with van der Waals surface area (Å²) in [4.78, 5) is 11.1. The highest BCUT2D eigenvalue weighted by Crippen LogP contribution is 2.13. The summed E-state index contributed by atoms with van der Waals surface area (Å²) >= 11 is 1.83. The number of hydrogen-bond acceptors (Lipinski definition) is 5.